The number of nitrogens with one attached hydrogen (secondary N) is 1. The number of hydrogen-bond acceptors (Lipinski definition) is 2. The number of halogens is 2. The van der Waals surface area contributed by atoms with Crippen LogP contribution in [0.25, 0.3) is 0 Å². The molecule has 2 rings (SSSR count). The largest absolute Gasteiger partial charge is 0.496 e. The van der Waals surface area contributed by atoms with Gasteiger partial charge >= 0.3 is 0 Å². The summed E-state index contributed by atoms with van der Waals surface area (Å²) in [5.41, 5.74) is 1.71. The molecule has 0 fully saturated rings. The van der Waals surface area contributed by atoms with E-state index in [0.717, 1.165) is 11.3 Å². The van der Waals surface area contributed by atoms with Gasteiger partial charge in [0.1, 0.15) is 5.75 Å². The average molecular weight is 338 g/mol. The van der Waals surface area contributed by atoms with Gasteiger partial charge < -0.3 is 10.1 Å². The zero-order chi connectivity index (χ0) is 15.9. The molecule has 2 aromatic carbocycles. The molecule has 0 atom stereocenters. The van der Waals surface area contributed by atoms with Crippen molar-refractivity contribution in [1.82, 2.24) is 5.32 Å². The predicted molar refractivity (Wildman–Crippen MR) is 89.9 cm³/mol. The Balaban J connectivity index is 1.88. The minimum Gasteiger partial charge on any atom is -0.496 e. The maximum absolute atomic E-state index is 12.0. The molecule has 0 bridgehead atoms. The maximum Gasteiger partial charge on any atom is 0.224 e. The van der Waals surface area contributed by atoms with E-state index in [-0.39, 0.29) is 12.3 Å². The fourth-order valence-corrected chi connectivity index (χ4v) is 2.70. The van der Waals surface area contributed by atoms with Crippen LogP contribution in [0, 0.1) is 0 Å². The zero-order valence-corrected chi connectivity index (χ0v) is 13.7. The van der Waals surface area contributed by atoms with Crippen molar-refractivity contribution < 1.29 is 9.53 Å². The number of hydrogen-bond donors (Lipinski definition) is 1. The Morgan fingerprint density at radius 3 is 2.45 bits per heavy atom. The lowest BCUT2D eigenvalue weighted by atomic mass is 10.1. The number of amides is 1. The van der Waals surface area contributed by atoms with Crippen molar-refractivity contribution in [2.24, 2.45) is 0 Å². The number of methoxy groups -OCH3 is 1. The highest BCUT2D eigenvalue weighted by Crippen LogP contribution is 2.24. The number of ether oxygens (including phenoxy) is 1. The maximum atomic E-state index is 12.0. The van der Waals surface area contributed by atoms with E-state index in [1.807, 2.05) is 24.3 Å². The summed E-state index contributed by atoms with van der Waals surface area (Å²) in [6.07, 6.45) is 0.871. The second-order valence-corrected chi connectivity index (χ2v) is 5.60. The summed E-state index contributed by atoms with van der Waals surface area (Å²) in [7, 11) is 1.64. The van der Waals surface area contributed by atoms with Gasteiger partial charge in [0.15, 0.2) is 0 Å². The van der Waals surface area contributed by atoms with Gasteiger partial charge in [-0.05, 0) is 35.7 Å². The highest BCUT2D eigenvalue weighted by atomic mass is 35.5. The Hall–Kier alpha value is -1.71. The highest BCUT2D eigenvalue weighted by Gasteiger charge is 2.10. The number of carbonyl (C=O) groups excluding carboxylic acids is 1. The first kappa shape index (κ1) is 16.7. The Bertz CT molecular complexity index is 639. The molecule has 0 saturated carbocycles. The van der Waals surface area contributed by atoms with E-state index in [9.17, 15) is 4.79 Å². The van der Waals surface area contributed by atoms with Crippen LogP contribution < -0.4 is 10.1 Å². The molecule has 2 aromatic rings. The summed E-state index contributed by atoms with van der Waals surface area (Å²) in [4.78, 5) is 12.0. The zero-order valence-electron chi connectivity index (χ0n) is 12.2. The molecule has 1 amide bonds. The first-order valence-corrected chi connectivity index (χ1v) is 7.69. The normalized spacial score (nSPS) is 10.3. The van der Waals surface area contributed by atoms with Crippen LogP contribution in [-0.4, -0.2) is 19.6 Å². The van der Waals surface area contributed by atoms with E-state index in [4.69, 9.17) is 27.9 Å². The number of rotatable bonds is 6. The Morgan fingerprint density at radius 2 is 1.77 bits per heavy atom. The van der Waals surface area contributed by atoms with Crippen LogP contribution in [0.2, 0.25) is 10.0 Å². The van der Waals surface area contributed by atoms with Crippen molar-refractivity contribution in [3.05, 3.63) is 63.6 Å². The van der Waals surface area contributed by atoms with Gasteiger partial charge in [-0.2, -0.15) is 0 Å². The van der Waals surface area contributed by atoms with Crippen LogP contribution in [0.15, 0.2) is 42.5 Å². The summed E-state index contributed by atoms with van der Waals surface area (Å²) in [5, 5.41) is 3.89. The van der Waals surface area contributed by atoms with Gasteiger partial charge in [0.25, 0.3) is 0 Å². The van der Waals surface area contributed by atoms with E-state index in [0.29, 0.717) is 28.6 Å². The van der Waals surface area contributed by atoms with Crippen LogP contribution in [0.3, 0.4) is 0 Å². The van der Waals surface area contributed by atoms with Gasteiger partial charge in [-0.3, -0.25) is 4.79 Å². The molecular formula is C17H17Cl2NO2. The van der Waals surface area contributed by atoms with Gasteiger partial charge in [0.05, 0.1) is 13.5 Å². The number of carbonyl (C=O) groups is 1. The molecule has 0 radical (unpaired) electrons. The van der Waals surface area contributed by atoms with Crippen molar-refractivity contribution >= 4 is 29.1 Å². The lowest BCUT2D eigenvalue weighted by Gasteiger charge is -2.10. The monoisotopic (exact) mass is 337 g/mol. The number of benzene rings is 2. The fourth-order valence-electron chi connectivity index (χ4n) is 2.17. The van der Waals surface area contributed by atoms with Crippen molar-refractivity contribution in [3.8, 4) is 5.75 Å². The summed E-state index contributed by atoms with van der Waals surface area (Å²) in [5.74, 6) is 0.718. The first-order chi connectivity index (χ1) is 10.6. The van der Waals surface area contributed by atoms with Crippen molar-refractivity contribution in [3.63, 3.8) is 0 Å². The molecule has 0 aromatic heterocycles. The molecular weight excluding hydrogens is 321 g/mol. The third kappa shape index (κ3) is 4.39. The van der Waals surface area contributed by atoms with E-state index in [1.54, 1.807) is 25.3 Å². The summed E-state index contributed by atoms with van der Waals surface area (Å²) in [6.45, 7) is 0.529. The SMILES string of the molecule is COc1ccccc1CCNC(=O)Cc1c(Cl)cccc1Cl. The van der Waals surface area contributed by atoms with E-state index in [2.05, 4.69) is 5.32 Å². The van der Waals surface area contributed by atoms with E-state index < -0.39 is 0 Å². The standard InChI is InChI=1S/C17H17Cl2NO2/c1-22-16-8-3-2-5-12(16)9-10-20-17(21)11-13-14(18)6-4-7-15(13)19/h2-8H,9-11H2,1H3,(H,20,21). The lowest BCUT2D eigenvalue weighted by Crippen LogP contribution is -2.27. The molecule has 0 aliphatic rings. The third-order valence-corrected chi connectivity index (χ3v) is 4.02. The van der Waals surface area contributed by atoms with Crippen LogP contribution >= 0.6 is 23.2 Å². The molecule has 116 valence electrons. The molecule has 5 heteroatoms. The molecule has 0 spiro atoms. The molecule has 0 heterocycles. The van der Waals surface area contributed by atoms with Crippen molar-refractivity contribution in [2.45, 2.75) is 12.8 Å². The summed E-state index contributed by atoms with van der Waals surface area (Å²) in [6, 6.07) is 13.0. The first-order valence-electron chi connectivity index (χ1n) is 6.93. The number of para-hydroxylation sites is 1. The quantitative estimate of drug-likeness (QED) is 0.867. The topological polar surface area (TPSA) is 38.3 Å². The Morgan fingerprint density at radius 1 is 1.09 bits per heavy atom. The molecule has 0 unspecified atom stereocenters. The van der Waals surface area contributed by atoms with Crippen molar-refractivity contribution in [2.75, 3.05) is 13.7 Å². The van der Waals surface area contributed by atoms with E-state index >= 15 is 0 Å². The molecule has 0 saturated heterocycles. The van der Waals surface area contributed by atoms with Crippen LogP contribution in [-0.2, 0) is 17.6 Å². The molecule has 1 N–H and O–H groups in total. The van der Waals surface area contributed by atoms with E-state index in [1.165, 1.54) is 0 Å². The highest BCUT2D eigenvalue weighted by molar-refractivity contribution is 6.36. The van der Waals surface area contributed by atoms with Gasteiger partial charge in [0, 0.05) is 16.6 Å². The second-order valence-electron chi connectivity index (χ2n) is 4.79. The molecule has 0 aliphatic carbocycles. The molecule has 0 aliphatic heterocycles. The van der Waals surface area contributed by atoms with Crippen LogP contribution in [0.5, 0.6) is 5.75 Å². The van der Waals surface area contributed by atoms with Crippen LogP contribution in [0.4, 0.5) is 0 Å². The smallest absolute Gasteiger partial charge is 0.224 e. The fraction of sp³-hybridized carbons (Fsp3) is 0.235. The Kier molecular flexibility index (Phi) is 6.10. The van der Waals surface area contributed by atoms with Gasteiger partial charge in [-0.1, -0.05) is 47.5 Å². The second kappa shape index (κ2) is 8.06. The average Bonchev–Trinajstić information content (AvgIpc) is 2.51. The minimum atomic E-state index is -0.107. The lowest BCUT2D eigenvalue weighted by molar-refractivity contribution is -0.120. The summed E-state index contributed by atoms with van der Waals surface area (Å²) < 4.78 is 5.28. The van der Waals surface area contributed by atoms with Gasteiger partial charge in [0.2, 0.25) is 5.91 Å². The molecule has 3 nitrogen and oxygen atoms in total. The third-order valence-electron chi connectivity index (χ3n) is 3.31. The Labute approximate surface area is 140 Å². The minimum absolute atomic E-state index is 0.107. The summed E-state index contributed by atoms with van der Waals surface area (Å²) >= 11 is 12.1. The van der Waals surface area contributed by atoms with Gasteiger partial charge in [-0.25, -0.2) is 0 Å². The van der Waals surface area contributed by atoms with Crippen LogP contribution in [0.1, 0.15) is 11.1 Å². The predicted octanol–water partition coefficient (Wildman–Crippen LogP) is 3.90. The molecule has 22 heavy (non-hydrogen) atoms. The van der Waals surface area contributed by atoms with Crippen molar-refractivity contribution in [1.29, 1.82) is 0 Å². The van der Waals surface area contributed by atoms with Gasteiger partial charge in [-0.15, -0.1) is 0 Å².